The van der Waals surface area contributed by atoms with Crippen LogP contribution in [0.1, 0.15) is 20.8 Å². The molecule has 1 aromatic heterocycles. The molecule has 1 amide bonds. The Morgan fingerprint density at radius 2 is 2.19 bits per heavy atom. The fraction of sp³-hybridized carbons (Fsp3) is 0.667. The van der Waals surface area contributed by atoms with Crippen molar-refractivity contribution in [3.05, 3.63) is 22.5 Å². The van der Waals surface area contributed by atoms with Crippen LogP contribution in [-0.2, 0) is 11.3 Å². The Balaban J connectivity index is 1.69. The molecule has 0 unspecified atom stereocenters. The Kier molecular flexibility index (Phi) is 6.01. The molecule has 0 spiro atoms. The van der Waals surface area contributed by atoms with Gasteiger partial charge in [0.1, 0.15) is 18.0 Å². The van der Waals surface area contributed by atoms with Gasteiger partial charge in [0.05, 0.1) is 17.5 Å². The lowest BCUT2D eigenvalue weighted by atomic mass is 10.1. The van der Waals surface area contributed by atoms with Crippen LogP contribution in [0.5, 0.6) is 0 Å². The van der Waals surface area contributed by atoms with Crippen molar-refractivity contribution in [2.24, 2.45) is 4.99 Å². The van der Waals surface area contributed by atoms with Crippen molar-refractivity contribution in [2.45, 2.75) is 39.0 Å². The second-order valence-corrected chi connectivity index (χ2v) is 6.94. The van der Waals surface area contributed by atoms with Crippen LogP contribution in [-0.4, -0.2) is 70.0 Å². The van der Waals surface area contributed by atoms with E-state index in [0.29, 0.717) is 32.1 Å². The molecular weight excluding hydrogens is 342 g/mol. The third-order valence-electron chi connectivity index (χ3n) is 3.56. The van der Waals surface area contributed by atoms with Crippen molar-refractivity contribution in [3.8, 4) is 0 Å². The van der Waals surface area contributed by atoms with Gasteiger partial charge in [0, 0.05) is 26.7 Å². The zero-order valence-electron chi connectivity index (χ0n) is 15.4. The highest BCUT2D eigenvalue weighted by Crippen LogP contribution is 2.15. The zero-order valence-corrected chi connectivity index (χ0v) is 15.4. The van der Waals surface area contributed by atoms with Gasteiger partial charge in [-0.1, -0.05) is 0 Å². The van der Waals surface area contributed by atoms with E-state index in [9.17, 15) is 14.9 Å². The van der Waals surface area contributed by atoms with Gasteiger partial charge in [0.15, 0.2) is 5.96 Å². The number of nitrogens with zero attached hydrogens (tertiary/aromatic N) is 5. The van der Waals surface area contributed by atoms with E-state index < -0.39 is 10.5 Å². The molecule has 0 bridgehead atoms. The fourth-order valence-electron chi connectivity index (χ4n) is 2.29. The highest BCUT2D eigenvalue weighted by Gasteiger charge is 2.34. The van der Waals surface area contributed by atoms with E-state index in [1.54, 1.807) is 11.9 Å². The number of rotatable bonds is 5. The van der Waals surface area contributed by atoms with Crippen LogP contribution in [0.15, 0.2) is 17.4 Å². The molecule has 1 aromatic rings. The molecule has 0 radical (unpaired) electrons. The highest BCUT2D eigenvalue weighted by molar-refractivity contribution is 5.80. The molecular formula is C15H25N7O4. The molecule has 2 N–H and O–H groups in total. The number of aliphatic imine (C=N–C) groups is 1. The number of nitro groups is 1. The molecule has 2 rings (SSSR count). The number of likely N-dealkylation sites (tertiary alicyclic amines) is 1. The van der Waals surface area contributed by atoms with Gasteiger partial charge < -0.3 is 20.3 Å². The van der Waals surface area contributed by atoms with Crippen LogP contribution < -0.4 is 10.6 Å². The highest BCUT2D eigenvalue weighted by atomic mass is 16.6. The predicted octanol–water partition coefficient (Wildman–Crippen LogP) is 0.576. The van der Waals surface area contributed by atoms with Crippen molar-refractivity contribution in [1.29, 1.82) is 0 Å². The minimum atomic E-state index is -0.505. The number of carbonyl (C=O) groups is 1. The summed E-state index contributed by atoms with van der Waals surface area (Å²) in [4.78, 5) is 27.8. The van der Waals surface area contributed by atoms with Crippen molar-refractivity contribution in [3.63, 3.8) is 0 Å². The summed E-state index contributed by atoms with van der Waals surface area (Å²) in [6.07, 6.45) is 2.27. The number of guanidine groups is 1. The Labute approximate surface area is 151 Å². The third kappa shape index (κ3) is 5.60. The van der Waals surface area contributed by atoms with Crippen molar-refractivity contribution >= 4 is 17.7 Å². The van der Waals surface area contributed by atoms with Gasteiger partial charge in [-0.05, 0) is 20.8 Å². The number of hydrogen-bond acceptors (Lipinski definition) is 6. The summed E-state index contributed by atoms with van der Waals surface area (Å²) in [5.74, 6) is 0.598. The average Bonchev–Trinajstić information content (AvgIpc) is 2.95. The van der Waals surface area contributed by atoms with E-state index in [4.69, 9.17) is 4.74 Å². The van der Waals surface area contributed by atoms with E-state index >= 15 is 0 Å². The molecule has 1 fully saturated rings. The molecule has 1 aliphatic heterocycles. The number of carbonyl (C=O) groups excluding carboxylic acids is 1. The number of ether oxygens (including phenoxy) is 1. The van der Waals surface area contributed by atoms with E-state index in [0.717, 1.165) is 0 Å². The number of aromatic nitrogens is 2. The van der Waals surface area contributed by atoms with Crippen LogP contribution in [0, 0.1) is 10.1 Å². The van der Waals surface area contributed by atoms with Crippen LogP contribution in [0.2, 0.25) is 0 Å². The fourth-order valence-corrected chi connectivity index (χ4v) is 2.29. The lowest BCUT2D eigenvalue weighted by Gasteiger charge is -2.40. The predicted molar refractivity (Wildman–Crippen MR) is 95.0 cm³/mol. The van der Waals surface area contributed by atoms with Gasteiger partial charge in [0.2, 0.25) is 0 Å². The molecule has 0 aliphatic carbocycles. The van der Waals surface area contributed by atoms with Crippen molar-refractivity contribution in [2.75, 3.05) is 26.7 Å². The first-order valence-electron chi connectivity index (χ1n) is 8.30. The lowest BCUT2D eigenvalue weighted by Crippen LogP contribution is -2.63. The molecule has 0 aromatic carbocycles. The Bertz CT molecular complexity index is 674. The summed E-state index contributed by atoms with van der Waals surface area (Å²) in [6.45, 7) is 7.55. The maximum Gasteiger partial charge on any atom is 0.410 e. The monoisotopic (exact) mass is 367 g/mol. The Hall–Kier alpha value is -2.85. The van der Waals surface area contributed by atoms with Crippen LogP contribution in [0.3, 0.4) is 0 Å². The summed E-state index contributed by atoms with van der Waals surface area (Å²) in [5.41, 5.74) is -0.543. The third-order valence-corrected chi connectivity index (χ3v) is 3.56. The van der Waals surface area contributed by atoms with Gasteiger partial charge in [0.25, 0.3) is 0 Å². The molecule has 1 saturated heterocycles. The summed E-state index contributed by atoms with van der Waals surface area (Å²) in [5, 5.41) is 20.9. The molecule has 0 saturated carbocycles. The van der Waals surface area contributed by atoms with Gasteiger partial charge >= 0.3 is 11.8 Å². The maximum absolute atomic E-state index is 11.9. The SMILES string of the molecule is CN=C(NCCn1cc([N+](=O)[O-])cn1)NC1CN(C(=O)OC(C)(C)C)C1. The second kappa shape index (κ2) is 8.02. The van der Waals surface area contributed by atoms with Crippen molar-refractivity contribution < 1.29 is 14.5 Å². The zero-order chi connectivity index (χ0) is 19.3. The summed E-state index contributed by atoms with van der Waals surface area (Å²) >= 11 is 0. The quantitative estimate of drug-likeness (QED) is 0.337. The molecule has 26 heavy (non-hydrogen) atoms. The summed E-state index contributed by atoms with van der Waals surface area (Å²) < 4.78 is 6.80. The van der Waals surface area contributed by atoms with E-state index in [1.807, 2.05) is 20.8 Å². The molecule has 144 valence electrons. The molecule has 2 heterocycles. The van der Waals surface area contributed by atoms with Crippen molar-refractivity contribution in [1.82, 2.24) is 25.3 Å². The van der Waals surface area contributed by atoms with Crippen LogP contribution >= 0.6 is 0 Å². The first-order chi connectivity index (χ1) is 12.2. The van der Waals surface area contributed by atoms with E-state index in [-0.39, 0.29) is 17.8 Å². The molecule has 11 nitrogen and oxygen atoms in total. The molecule has 1 aliphatic rings. The minimum Gasteiger partial charge on any atom is -0.444 e. The summed E-state index contributed by atoms with van der Waals surface area (Å²) in [6, 6.07) is 0.0968. The van der Waals surface area contributed by atoms with Gasteiger partial charge in [-0.25, -0.2) is 4.79 Å². The lowest BCUT2D eigenvalue weighted by molar-refractivity contribution is -0.385. The maximum atomic E-state index is 11.9. The largest absolute Gasteiger partial charge is 0.444 e. The Morgan fingerprint density at radius 1 is 1.50 bits per heavy atom. The Morgan fingerprint density at radius 3 is 2.73 bits per heavy atom. The van der Waals surface area contributed by atoms with Gasteiger partial charge in [-0.3, -0.25) is 19.8 Å². The number of amides is 1. The standard InChI is InChI=1S/C15H25N7O4/c1-15(2,3)26-14(23)20-8-11(9-20)19-13(16-4)17-5-6-21-10-12(7-18-21)22(24)25/h7,10-11H,5-6,8-9H2,1-4H3,(H2,16,17,19). The van der Waals surface area contributed by atoms with Crippen LogP contribution in [0.25, 0.3) is 0 Å². The minimum absolute atomic E-state index is 0.0378. The smallest absolute Gasteiger partial charge is 0.410 e. The summed E-state index contributed by atoms with van der Waals surface area (Å²) in [7, 11) is 1.65. The van der Waals surface area contributed by atoms with Crippen LogP contribution in [0.4, 0.5) is 10.5 Å². The molecule has 0 atom stereocenters. The first kappa shape index (κ1) is 19.5. The van der Waals surface area contributed by atoms with Gasteiger partial charge in [-0.2, -0.15) is 5.10 Å². The van der Waals surface area contributed by atoms with Gasteiger partial charge in [-0.15, -0.1) is 0 Å². The average molecular weight is 367 g/mol. The first-order valence-corrected chi connectivity index (χ1v) is 8.30. The van der Waals surface area contributed by atoms with E-state index in [2.05, 4.69) is 20.7 Å². The van der Waals surface area contributed by atoms with E-state index in [1.165, 1.54) is 17.1 Å². The molecule has 11 heteroatoms. The number of hydrogen-bond donors (Lipinski definition) is 2. The normalized spacial score (nSPS) is 15.4. The second-order valence-electron chi connectivity index (χ2n) is 6.94. The number of nitrogens with one attached hydrogen (secondary N) is 2. The topological polar surface area (TPSA) is 127 Å².